The highest BCUT2D eigenvalue weighted by atomic mass is 16.5. The fourth-order valence-corrected chi connectivity index (χ4v) is 3.83. The number of ether oxygens (including phenoxy) is 1. The molecule has 1 unspecified atom stereocenters. The number of hydrogen-bond acceptors (Lipinski definition) is 8. The molecule has 0 aromatic carbocycles. The summed E-state index contributed by atoms with van der Waals surface area (Å²) in [7, 11) is 3.48. The molecule has 192 valence electrons. The van der Waals surface area contributed by atoms with Gasteiger partial charge in [-0.1, -0.05) is 27.2 Å². The van der Waals surface area contributed by atoms with Gasteiger partial charge in [-0.25, -0.2) is 5.84 Å². The van der Waals surface area contributed by atoms with Gasteiger partial charge in [-0.15, -0.1) is 0 Å². The lowest BCUT2D eigenvalue weighted by atomic mass is 9.96. The SMILES string of the molecule is CC.CCCCC(C)=O.CNCC(C)N(N)/C=C(\N)COC.OCC12CCCN1CCC2. The maximum absolute atomic E-state index is 10.2. The van der Waals surface area contributed by atoms with Crippen LogP contribution in [0.3, 0.4) is 0 Å². The lowest BCUT2D eigenvalue weighted by Crippen LogP contribution is -2.41. The third kappa shape index (κ3) is 14.1. The Hall–Kier alpha value is -1.19. The first-order valence-electron chi connectivity index (χ1n) is 12.2. The molecule has 0 aliphatic carbocycles. The quantitative estimate of drug-likeness (QED) is 0.291. The third-order valence-electron chi connectivity index (χ3n) is 5.62. The van der Waals surface area contributed by atoms with Crippen molar-refractivity contribution in [1.82, 2.24) is 15.2 Å². The van der Waals surface area contributed by atoms with Crippen LogP contribution in [0.4, 0.5) is 0 Å². The van der Waals surface area contributed by atoms with Crippen molar-refractivity contribution in [1.29, 1.82) is 0 Å². The fourth-order valence-electron chi connectivity index (χ4n) is 3.83. The summed E-state index contributed by atoms with van der Waals surface area (Å²) in [5.74, 6) is 6.02. The highest BCUT2D eigenvalue weighted by Crippen LogP contribution is 2.37. The van der Waals surface area contributed by atoms with Gasteiger partial charge in [0.25, 0.3) is 0 Å². The number of methoxy groups -OCH3 is 1. The number of hydrazine groups is 1. The van der Waals surface area contributed by atoms with Crippen molar-refractivity contribution >= 4 is 5.78 Å². The molecule has 1 atom stereocenters. The summed E-state index contributed by atoms with van der Waals surface area (Å²) in [5, 5.41) is 13.8. The van der Waals surface area contributed by atoms with Gasteiger partial charge in [0.1, 0.15) is 5.78 Å². The molecule has 8 nitrogen and oxygen atoms in total. The summed E-state index contributed by atoms with van der Waals surface area (Å²) in [6, 6.07) is 0.209. The third-order valence-corrected chi connectivity index (χ3v) is 5.62. The molecule has 6 N–H and O–H groups in total. The lowest BCUT2D eigenvalue weighted by Gasteiger charge is -2.29. The maximum atomic E-state index is 10.2. The molecular formula is C24H53N5O3. The number of aliphatic hydroxyl groups is 1. The molecule has 8 heteroatoms. The van der Waals surface area contributed by atoms with Crippen molar-refractivity contribution in [3.05, 3.63) is 11.9 Å². The van der Waals surface area contributed by atoms with E-state index in [0.717, 1.165) is 25.8 Å². The molecule has 0 aromatic heterocycles. The summed E-state index contributed by atoms with van der Waals surface area (Å²) in [6.07, 6.45) is 9.66. The van der Waals surface area contributed by atoms with E-state index in [-0.39, 0.29) is 11.6 Å². The minimum Gasteiger partial charge on any atom is -0.399 e. The molecular weight excluding hydrogens is 406 g/mol. The van der Waals surface area contributed by atoms with Crippen LogP contribution in [0, 0.1) is 0 Å². The van der Waals surface area contributed by atoms with E-state index in [0.29, 0.717) is 24.7 Å². The first-order chi connectivity index (χ1) is 15.3. The van der Waals surface area contributed by atoms with Gasteiger partial charge in [-0.3, -0.25) is 4.90 Å². The highest BCUT2D eigenvalue weighted by Gasteiger charge is 2.43. The van der Waals surface area contributed by atoms with Crippen LogP contribution in [0.2, 0.25) is 0 Å². The number of nitrogens with two attached hydrogens (primary N) is 2. The zero-order valence-corrected chi connectivity index (χ0v) is 22.0. The zero-order chi connectivity index (χ0) is 25.0. The second-order valence-corrected chi connectivity index (χ2v) is 8.37. The largest absolute Gasteiger partial charge is 0.399 e. The van der Waals surface area contributed by atoms with Gasteiger partial charge < -0.3 is 30.7 Å². The monoisotopic (exact) mass is 459 g/mol. The molecule has 2 rings (SSSR count). The molecule has 0 spiro atoms. The average molecular weight is 460 g/mol. The van der Waals surface area contributed by atoms with Crippen molar-refractivity contribution in [2.24, 2.45) is 11.6 Å². The average Bonchev–Trinajstić information content (AvgIpc) is 3.35. The summed E-state index contributed by atoms with van der Waals surface area (Å²) in [5.41, 5.74) is 6.47. The summed E-state index contributed by atoms with van der Waals surface area (Å²) >= 11 is 0. The number of likely N-dealkylation sites (N-methyl/N-ethyl adjacent to an activating group) is 1. The second kappa shape index (κ2) is 20.4. The van der Waals surface area contributed by atoms with Gasteiger partial charge in [-0.05, 0) is 66.1 Å². The van der Waals surface area contributed by atoms with Crippen LogP contribution in [0.25, 0.3) is 0 Å². The van der Waals surface area contributed by atoms with E-state index < -0.39 is 0 Å². The van der Waals surface area contributed by atoms with Crippen molar-refractivity contribution in [3.63, 3.8) is 0 Å². The Bertz CT molecular complexity index is 478. The number of nitrogens with zero attached hydrogens (tertiary/aromatic N) is 2. The first-order valence-corrected chi connectivity index (χ1v) is 12.2. The molecule has 32 heavy (non-hydrogen) atoms. The van der Waals surface area contributed by atoms with E-state index in [4.69, 9.17) is 16.3 Å². The van der Waals surface area contributed by atoms with Crippen LogP contribution in [0.1, 0.15) is 79.6 Å². The van der Waals surface area contributed by atoms with Gasteiger partial charge in [0.2, 0.25) is 0 Å². The number of Topliss-reactive ketones (excluding diaryl/α,β-unsaturated/α-hetero) is 1. The molecule has 0 amide bonds. The van der Waals surface area contributed by atoms with E-state index in [1.807, 2.05) is 27.8 Å². The molecule has 0 aromatic rings. The Morgan fingerprint density at radius 3 is 2.22 bits per heavy atom. The molecule has 0 saturated carbocycles. The maximum Gasteiger partial charge on any atom is 0.129 e. The van der Waals surface area contributed by atoms with E-state index in [9.17, 15) is 9.90 Å². The first kappa shape index (κ1) is 33.0. The number of ketones is 1. The smallest absolute Gasteiger partial charge is 0.129 e. The number of carbonyl (C=O) groups is 1. The van der Waals surface area contributed by atoms with Gasteiger partial charge in [0.05, 0.1) is 25.0 Å². The van der Waals surface area contributed by atoms with Gasteiger partial charge in [0.15, 0.2) is 0 Å². The molecule has 2 heterocycles. The Labute approximate surface area is 197 Å². The van der Waals surface area contributed by atoms with Crippen molar-refractivity contribution in [2.45, 2.75) is 91.1 Å². The fraction of sp³-hybridized carbons (Fsp3) is 0.875. The van der Waals surface area contributed by atoms with Crippen LogP contribution in [0.15, 0.2) is 11.9 Å². The normalized spacial score (nSPS) is 17.6. The molecule has 2 aliphatic rings. The number of hydrogen-bond donors (Lipinski definition) is 4. The van der Waals surface area contributed by atoms with Crippen LogP contribution in [0.5, 0.6) is 0 Å². The number of rotatable bonds is 10. The summed E-state index contributed by atoms with van der Waals surface area (Å²) in [6.45, 7) is 13.8. The second-order valence-electron chi connectivity index (χ2n) is 8.37. The number of nitrogens with one attached hydrogen (secondary N) is 1. The standard InChI is InChI=1S/C8H20N4O.C8H15NO.C6H12O.C2H6/c1-7(4-11-2)12(10)5-8(9)6-13-3;10-7-8-3-1-5-9(8)6-2-4-8;1-3-4-5-6(2)7;1-2/h5,7,11H,4,6,9-10H2,1-3H3;10H,1-7H2;3-5H2,1-2H3;1-2H3/b8-5-;;;. The Morgan fingerprint density at radius 2 is 1.88 bits per heavy atom. The molecule has 2 fully saturated rings. The number of unbranched alkanes of at least 4 members (excludes halogenated alkanes) is 1. The van der Waals surface area contributed by atoms with Gasteiger partial charge >= 0.3 is 0 Å². The molecule has 0 bridgehead atoms. The minimum atomic E-state index is 0.209. The summed E-state index contributed by atoms with van der Waals surface area (Å²) in [4.78, 5) is 12.7. The van der Waals surface area contributed by atoms with Gasteiger partial charge in [0, 0.05) is 31.8 Å². The summed E-state index contributed by atoms with van der Waals surface area (Å²) < 4.78 is 4.85. The molecule has 2 saturated heterocycles. The van der Waals surface area contributed by atoms with Crippen LogP contribution < -0.4 is 16.9 Å². The van der Waals surface area contributed by atoms with Crippen LogP contribution >= 0.6 is 0 Å². The number of fused-ring (bicyclic) bond motifs is 1. The van der Waals surface area contributed by atoms with E-state index >= 15 is 0 Å². The van der Waals surface area contributed by atoms with E-state index in [1.54, 1.807) is 25.2 Å². The predicted octanol–water partition coefficient (Wildman–Crippen LogP) is 2.62. The minimum absolute atomic E-state index is 0.209. The van der Waals surface area contributed by atoms with Crippen molar-refractivity contribution in [3.8, 4) is 0 Å². The zero-order valence-electron chi connectivity index (χ0n) is 22.0. The lowest BCUT2D eigenvalue weighted by molar-refractivity contribution is -0.117. The van der Waals surface area contributed by atoms with Crippen LogP contribution in [-0.4, -0.2) is 79.4 Å². The van der Waals surface area contributed by atoms with Crippen LogP contribution in [-0.2, 0) is 9.53 Å². The molecule has 0 radical (unpaired) electrons. The highest BCUT2D eigenvalue weighted by molar-refractivity contribution is 5.75. The number of aliphatic hydroxyl groups excluding tert-OH is 1. The van der Waals surface area contributed by atoms with E-state index in [1.165, 1.54) is 38.8 Å². The molecule has 2 aliphatic heterocycles. The Balaban J connectivity index is 0. The predicted molar refractivity (Wildman–Crippen MR) is 135 cm³/mol. The van der Waals surface area contributed by atoms with Crippen molar-refractivity contribution < 1.29 is 14.6 Å². The van der Waals surface area contributed by atoms with Gasteiger partial charge in [-0.2, -0.15) is 0 Å². The Kier molecular flexibility index (Phi) is 21.0. The van der Waals surface area contributed by atoms with E-state index in [2.05, 4.69) is 17.1 Å². The number of carbonyl (C=O) groups excluding carboxylic acids is 1. The topological polar surface area (TPSA) is 117 Å². The Morgan fingerprint density at radius 1 is 1.31 bits per heavy atom. The van der Waals surface area contributed by atoms with Crippen molar-refractivity contribution in [2.75, 3.05) is 47.0 Å².